The van der Waals surface area contributed by atoms with Crippen LogP contribution >= 0.6 is 0 Å². The largest absolute Gasteiger partial charge is 0.481 e. The molecule has 0 spiro atoms. The Hall–Kier alpha value is -1.62. The summed E-state index contributed by atoms with van der Waals surface area (Å²) in [6.07, 6.45) is 8.60. The van der Waals surface area contributed by atoms with Crippen LogP contribution in [0.4, 0.5) is 0 Å². The number of hydrogen-bond donors (Lipinski definition) is 2. The molecule has 2 aliphatic rings. The molecule has 0 bridgehead atoms. The minimum absolute atomic E-state index is 0.143. The molecule has 1 aliphatic carbocycles. The van der Waals surface area contributed by atoms with E-state index in [1.54, 1.807) is 36.3 Å². The molecular weight excluding hydrogens is 232 g/mol. The Balaban J connectivity index is 2.33. The summed E-state index contributed by atoms with van der Waals surface area (Å²) in [5, 5.41) is 12.2. The van der Waals surface area contributed by atoms with E-state index in [4.69, 9.17) is 0 Å². The average molecular weight is 250 g/mol. The quantitative estimate of drug-likeness (QED) is 0.760. The number of amides is 1. The second kappa shape index (κ2) is 4.94. The van der Waals surface area contributed by atoms with Crippen molar-refractivity contribution in [1.82, 2.24) is 10.2 Å². The summed E-state index contributed by atoms with van der Waals surface area (Å²) >= 11 is 0. The normalized spacial score (nSPS) is 30.7. The van der Waals surface area contributed by atoms with Crippen molar-refractivity contribution in [2.24, 2.45) is 5.92 Å². The zero-order chi connectivity index (χ0) is 13.2. The van der Waals surface area contributed by atoms with Gasteiger partial charge in [0.15, 0.2) is 0 Å². The number of hydrogen-bond acceptors (Lipinski definition) is 3. The number of carbonyl (C=O) groups excluding carboxylic acids is 1. The van der Waals surface area contributed by atoms with Crippen LogP contribution in [-0.4, -0.2) is 47.6 Å². The molecule has 2 rings (SSSR count). The first-order valence-corrected chi connectivity index (χ1v) is 6.19. The van der Waals surface area contributed by atoms with E-state index in [0.717, 1.165) is 12.8 Å². The molecule has 98 valence electrons. The molecular formula is C13H18N2O3. The summed E-state index contributed by atoms with van der Waals surface area (Å²) in [4.78, 5) is 25.7. The van der Waals surface area contributed by atoms with Crippen LogP contribution in [0.3, 0.4) is 0 Å². The fourth-order valence-corrected chi connectivity index (χ4v) is 2.65. The number of allylic oxidation sites excluding steroid dienone is 2. The predicted molar refractivity (Wildman–Crippen MR) is 67.0 cm³/mol. The zero-order valence-electron chi connectivity index (χ0n) is 10.4. The van der Waals surface area contributed by atoms with Gasteiger partial charge >= 0.3 is 5.97 Å². The van der Waals surface area contributed by atoms with Gasteiger partial charge in [0.05, 0.1) is 0 Å². The molecule has 2 N–H and O–H groups in total. The summed E-state index contributed by atoms with van der Waals surface area (Å²) in [5.74, 6) is -1.99. The predicted octanol–water partition coefficient (Wildman–Crippen LogP) is 0.394. The molecule has 1 fully saturated rings. The Kier molecular flexibility index (Phi) is 3.52. The SMILES string of the molecule is CNC1(C(=O)N2CCCC2)C=CC=CC1C(=O)O. The molecule has 0 aromatic carbocycles. The highest BCUT2D eigenvalue weighted by Crippen LogP contribution is 2.28. The van der Waals surface area contributed by atoms with E-state index in [9.17, 15) is 14.7 Å². The van der Waals surface area contributed by atoms with E-state index < -0.39 is 17.4 Å². The van der Waals surface area contributed by atoms with Crippen molar-refractivity contribution in [2.75, 3.05) is 20.1 Å². The second-order valence-electron chi connectivity index (χ2n) is 4.68. The number of rotatable bonds is 3. The van der Waals surface area contributed by atoms with Crippen molar-refractivity contribution in [3.05, 3.63) is 24.3 Å². The Morgan fingerprint density at radius 3 is 2.56 bits per heavy atom. The van der Waals surface area contributed by atoms with Gasteiger partial charge in [0.25, 0.3) is 0 Å². The van der Waals surface area contributed by atoms with Crippen molar-refractivity contribution in [1.29, 1.82) is 0 Å². The lowest BCUT2D eigenvalue weighted by atomic mass is 9.79. The first-order chi connectivity index (χ1) is 8.62. The highest BCUT2D eigenvalue weighted by molar-refractivity contribution is 5.95. The Morgan fingerprint density at radius 1 is 1.33 bits per heavy atom. The van der Waals surface area contributed by atoms with E-state index >= 15 is 0 Å². The Bertz CT molecular complexity index is 410. The summed E-state index contributed by atoms with van der Waals surface area (Å²) < 4.78 is 0. The molecule has 1 saturated heterocycles. The van der Waals surface area contributed by atoms with Crippen LogP contribution in [0.2, 0.25) is 0 Å². The Labute approximate surface area is 106 Å². The van der Waals surface area contributed by atoms with Crippen LogP contribution in [0.5, 0.6) is 0 Å². The number of carboxylic acid groups (broad SMARTS) is 1. The van der Waals surface area contributed by atoms with E-state index in [0.29, 0.717) is 13.1 Å². The van der Waals surface area contributed by atoms with Gasteiger partial charge in [0.1, 0.15) is 11.5 Å². The van der Waals surface area contributed by atoms with Crippen molar-refractivity contribution in [3.63, 3.8) is 0 Å². The lowest BCUT2D eigenvalue weighted by Gasteiger charge is -2.37. The zero-order valence-corrected chi connectivity index (χ0v) is 10.4. The van der Waals surface area contributed by atoms with Gasteiger partial charge in [-0.1, -0.05) is 24.3 Å². The third-order valence-electron chi connectivity index (χ3n) is 3.69. The molecule has 5 nitrogen and oxygen atoms in total. The fraction of sp³-hybridized carbons (Fsp3) is 0.538. The first kappa shape index (κ1) is 12.8. The number of carbonyl (C=O) groups is 2. The highest BCUT2D eigenvalue weighted by Gasteiger charge is 2.48. The molecule has 1 heterocycles. The lowest BCUT2D eigenvalue weighted by molar-refractivity contribution is -0.148. The number of nitrogens with zero attached hydrogens (tertiary/aromatic N) is 1. The summed E-state index contributed by atoms with van der Waals surface area (Å²) in [6, 6.07) is 0. The molecule has 1 amide bonds. The van der Waals surface area contributed by atoms with Crippen LogP contribution in [0, 0.1) is 5.92 Å². The number of nitrogens with one attached hydrogen (secondary N) is 1. The van der Waals surface area contributed by atoms with Gasteiger partial charge in [0.2, 0.25) is 5.91 Å². The van der Waals surface area contributed by atoms with E-state index in [1.807, 2.05) is 0 Å². The van der Waals surface area contributed by atoms with E-state index in [-0.39, 0.29) is 5.91 Å². The summed E-state index contributed by atoms with van der Waals surface area (Å²) in [7, 11) is 1.63. The third kappa shape index (κ3) is 1.95. The minimum atomic E-state index is -1.15. The van der Waals surface area contributed by atoms with Gasteiger partial charge in [-0.25, -0.2) is 0 Å². The van der Waals surface area contributed by atoms with Crippen molar-refractivity contribution in [3.8, 4) is 0 Å². The Morgan fingerprint density at radius 2 is 2.00 bits per heavy atom. The standard InChI is InChI=1S/C13H18N2O3/c1-14-13(12(18)15-8-4-5-9-15)7-3-2-6-10(13)11(16)17/h2-3,6-7,10,14H,4-5,8-9H2,1H3,(H,16,17). The fourth-order valence-electron chi connectivity index (χ4n) is 2.65. The maximum Gasteiger partial charge on any atom is 0.313 e. The topological polar surface area (TPSA) is 69.6 Å². The van der Waals surface area contributed by atoms with Crippen molar-refractivity contribution in [2.45, 2.75) is 18.4 Å². The second-order valence-corrected chi connectivity index (χ2v) is 4.68. The van der Waals surface area contributed by atoms with Crippen LogP contribution in [-0.2, 0) is 9.59 Å². The highest BCUT2D eigenvalue weighted by atomic mass is 16.4. The molecule has 0 radical (unpaired) electrons. The molecule has 0 saturated carbocycles. The third-order valence-corrected chi connectivity index (χ3v) is 3.69. The van der Waals surface area contributed by atoms with Gasteiger partial charge in [-0.05, 0) is 19.9 Å². The number of likely N-dealkylation sites (N-methyl/N-ethyl adjacent to an activating group) is 1. The van der Waals surface area contributed by atoms with Gasteiger partial charge in [-0.2, -0.15) is 0 Å². The molecule has 2 unspecified atom stereocenters. The monoisotopic (exact) mass is 250 g/mol. The van der Waals surface area contributed by atoms with Gasteiger partial charge in [-0.3, -0.25) is 9.59 Å². The van der Waals surface area contributed by atoms with Crippen LogP contribution in [0.1, 0.15) is 12.8 Å². The van der Waals surface area contributed by atoms with E-state index in [1.165, 1.54) is 0 Å². The number of carboxylic acids is 1. The average Bonchev–Trinajstić information content (AvgIpc) is 2.91. The molecule has 1 aliphatic heterocycles. The van der Waals surface area contributed by atoms with Crippen molar-refractivity contribution < 1.29 is 14.7 Å². The molecule has 0 aromatic heterocycles. The van der Waals surface area contributed by atoms with Crippen LogP contribution in [0.15, 0.2) is 24.3 Å². The molecule has 2 atom stereocenters. The summed E-state index contributed by atoms with van der Waals surface area (Å²) in [6.45, 7) is 1.43. The first-order valence-electron chi connectivity index (χ1n) is 6.19. The van der Waals surface area contributed by atoms with Gasteiger partial charge in [-0.15, -0.1) is 0 Å². The van der Waals surface area contributed by atoms with Crippen LogP contribution in [0.25, 0.3) is 0 Å². The summed E-state index contributed by atoms with van der Waals surface area (Å²) in [5.41, 5.74) is -1.15. The van der Waals surface area contributed by atoms with Crippen LogP contribution < -0.4 is 5.32 Å². The minimum Gasteiger partial charge on any atom is -0.481 e. The van der Waals surface area contributed by atoms with Crippen molar-refractivity contribution >= 4 is 11.9 Å². The molecule has 18 heavy (non-hydrogen) atoms. The lowest BCUT2D eigenvalue weighted by Crippen LogP contribution is -2.61. The van der Waals surface area contributed by atoms with Gasteiger partial charge in [0, 0.05) is 13.1 Å². The molecule has 0 aromatic rings. The number of likely N-dealkylation sites (tertiary alicyclic amines) is 1. The number of aliphatic carboxylic acids is 1. The molecule has 5 heteroatoms. The van der Waals surface area contributed by atoms with Gasteiger partial charge < -0.3 is 15.3 Å². The van der Waals surface area contributed by atoms with E-state index in [2.05, 4.69) is 5.32 Å². The maximum absolute atomic E-state index is 12.6. The smallest absolute Gasteiger partial charge is 0.313 e. The maximum atomic E-state index is 12.6.